The molecule has 4 heteroatoms. The van der Waals surface area contributed by atoms with Gasteiger partial charge < -0.3 is 15.1 Å². The summed E-state index contributed by atoms with van der Waals surface area (Å²) in [6.07, 6.45) is 4.01. The molecule has 0 radical (unpaired) electrons. The molecule has 21 heavy (non-hydrogen) atoms. The number of nitrogens with one attached hydrogen (secondary N) is 2. The van der Waals surface area contributed by atoms with E-state index in [1.54, 1.807) is 0 Å². The van der Waals surface area contributed by atoms with E-state index in [2.05, 4.69) is 30.5 Å². The number of carbonyl (C=O) groups excluding carboxylic acids is 1. The number of aryl methyl sites for hydroxylation is 1. The lowest BCUT2D eigenvalue weighted by molar-refractivity contribution is -0.126. The van der Waals surface area contributed by atoms with Crippen LogP contribution in [0.25, 0.3) is 0 Å². The molecule has 1 amide bonds. The van der Waals surface area contributed by atoms with Crippen LogP contribution in [0.5, 0.6) is 0 Å². The van der Waals surface area contributed by atoms with Gasteiger partial charge in [0.05, 0.1) is 12.0 Å². The Kier molecular flexibility index (Phi) is 3.82. The molecule has 0 bridgehead atoms. The molecule has 0 saturated carbocycles. The summed E-state index contributed by atoms with van der Waals surface area (Å²) in [5.74, 6) is 2.29. The Morgan fingerprint density at radius 2 is 2.29 bits per heavy atom. The summed E-state index contributed by atoms with van der Waals surface area (Å²) in [5, 5.41) is 6.59. The molecule has 2 atom stereocenters. The first kappa shape index (κ1) is 14.6. The number of fused-ring (bicyclic) bond motifs is 1. The average Bonchev–Trinajstić information content (AvgIpc) is 2.78. The van der Waals surface area contributed by atoms with Gasteiger partial charge in [0.1, 0.15) is 11.5 Å². The Hall–Kier alpha value is -1.29. The quantitative estimate of drug-likeness (QED) is 0.880. The van der Waals surface area contributed by atoms with E-state index >= 15 is 0 Å². The molecular formula is C17H26N2O2. The molecule has 1 unspecified atom stereocenters. The van der Waals surface area contributed by atoms with E-state index in [0.717, 1.165) is 50.3 Å². The Balaban J connectivity index is 1.76. The number of amides is 1. The van der Waals surface area contributed by atoms with E-state index in [4.69, 9.17) is 4.42 Å². The molecule has 116 valence electrons. The lowest BCUT2D eigenvalue weighted by atomic mass is 9.74. The molecule has 4 nitrogen and oxygen atoms in total. The third-order valence-electron chi connectivity index (χ3n) is 4.72. The first-order valence-electron chi connectivity index (χ1n) is 8.05. The molecule has 1 aromatic heterocycles. The van der Waals surface area contributed by atoms with Crippen molar-refractivity contribution in [3.63, 3.8) is 0 Å². The van der Waals surface area contributed by atoms with Crippen LogP contribution in [0.4, 0.5) is 0 Å². The molecular weight excluding hydrogens is 264 g/mol. The molecule has 1 aliphatic carbocycles. The van der Waals surface area contributed by atoms with Crippen LogP contribution in [0.15, 0.2) is 10.5 Å². The van der Waals surface area contributed by atoms with Gasteiger partial charge in [-0.15, -0.1) is 0 Å². The van der Waals surface area contributed by atoms with E-state index < -0.39 is 0 Å². The van der Waals surface area contributed by atoms with Crippen LogP contribution in [-0.4, -0.2) is 19.0 Å². The third-order valence-corrected chi connectivity index (χ3v) is 4.72. The van der Waals surface area contributed by atoms with E-state index in [1.807, 2.05) is 6.92 Å². The summed E-state index contributed by atoms with van der Waals surface area (Å²) in [5.41, 5.74) is 1.35. The van der Waals surface area contributed by atoms with Crippen molar-refractivity contribution < 1.29 is 9.21 Å². The van der Waals surface area contributed by atoms with Gasteiger partial charge >= 0.3 is 0 Å². The Bertz CT molecular complexity index is 527. The van der Waals surface area contributed by atoms with Gasteiger partial charge in [0.2, 0.25) is 5.91 Å². The summed E-state index contributed by atoms with van der Waals surface area (Å²) in [7, 11) is 0. The van der Waals surface area contributed by atoms with Crippen molar-refractivity contribution >= 4 is 5.91 Å². The van der Waals surface area contributed by atoms with E-state index in [1.165, 1.54) is 5.56 Å². The zero-order valence-electron chi connectivity index (χ0n) is 13.3. The van der Waals surface area contributed by atoms with Crippen LogP contribution in [0.2, 0.25) is 0 Å². The van der Waals surface area contributed by atoms with Gasteiger partial charge in [-0.05, 0) is 44.2 Å². The first-order valence-corrected chi connectivity index (χ1v) is 8.05. The van der Waals surface area contributed by atoms with Crippen LogP contribution in [0.1, 0.15) is 56.2 Å². The largest absolute Gasteiger partial charge is 0.466 e. The molecule has 1 aromatic rings. The Morgan fingerprint density at radius 3 is 3.00 bits per heavy atom. The summed E-state index contributed by atoms with van der Waals surface area (Å²) in [6.45, 7) is 8.31. The van der Waals surface area contributed by atoms with Crippen LogP contribution < -0.4 is 10.6 Å². The smallest absolute Gasteiger partial charge is 0.224 e. The summed E-state index contributed by atoms with van der Waals surface area (Å²) in [6, 6.07) is 2.19. The molecule has 1 saturated heterocycles. The molecule has 2 heterocycles. The minimum atomic E-state index is 0.0932. The zero-order valence-corrected chi connectivity index (χ0v) is 13.3. The van der Waals surface area contributed by atoms with Gasteiger partial charge in [-0.3, -0.25) is 4.79 Å². The molecule has 2 N–H and O–H groups in total. The highest BCUT2D eigenvalue weighted by Crippen LogP contribution is 2.42. The topological polar surface area (TPSA) is 54.3 Å². The molecule has 0 aromatic carbocycles. The number of piperidine rings is 1. The monoisotopic (exact) mass is 290 g/mol. The number of rotatable bonds is 2. The highest BCUT2D eigenvalue weighted by Gasteiger charge is 2.36. The number of furan rings is 1. The van der Waals surface area contributed by atoms with Crippen molar-refractivity contribution in [2.45, 2.75) is 52.5 Å². The van der Waals surface area contributed by atoms with Crippen molar-refractivity contribution in [1.82, 2.24) is 10.6 Å². The summed E-state index contributed by atoms with van der Waals surface area (Å²) in [4.78, 5) is 12.5. The minimum absolute atomic E-state index is 0.0932. The van der Waals surface area contributed by atoms with E-state index in [9.17, 15) is 4.79 Å². The predicted molar refractivity (Wildman–Crippen MR) is 82.0 cm³/mol. The fourth-order valence-electron chi connectivity index (χ4n) is 3.68. The third kappa shape index (κ3) is 3.15. The van der Waals surface area contributed by atoms with Crippen LogP contribution in [-0.2, 0) is 11.2 Å². The van der Waals surface area contributed by atoms with Crippen molar-refractivity contribution in [2.75, 3.05) is 13.1 Å². The summed E-state index contributed by atoms with van der Waals surface area (Å²) < 4.78 is 5.84. The maximum atomic E-state index is 12.5. The second kappa shape index (κ2) is 5.48. The van der Waals surface area contributed by atoms with Gasteiger partial charge in [-0.2, -0.15) is 0 Å². The maximum Gasteiger partial charge on any atom is 0.224 e. The molecule has 3 rings (SSSR count). The van der Waals surface area contributed by atoms with Crippen molar-refractivity contribution in [1.29, 1.82) is 0 Å². The number of hydrogen-bond acceptors (Lipinski definition) is 3. The van der Waals surface area contributed by atoms with Crippen molar-refractivity contribution in [3.05, 3.63) is 23.2 Å². The molecule has 2 aliphatic rings. The summed E-state index contributed by atoms with van der Waals surface area (Å²) >= 11 is 0. The van der Waals surface area contributed by atoms with E-state index in [0.29, 0.717) is 0 Å². The fourth-order valence-corrected chi connectivity index (χ4v) is 3.68. The highest BCUT2D eigenvalue weighted by molar-refractivity contribution is 5.79. The average molecular weight is 290 g/mol. The fraction of sp³-hybridized carbons (Fsp3) is 0.706. The zero-order chi connectivity index (χ0) is 15.0. The molecule has 1 fully saturated rings. The highest BCUT2D eigenvalue weighted by atomic mass is 16.3. The van der Waals surface area contributed by atoms with E-state index in [-0.39, 0.29) is 23.3 Å². The van der Waals surface area contributed by atoms with Gasteiger partial charge in [0.25, 0.3) is 0 Å². The van der Waals surface area contributed by atoms with Crippen molar-refractivity contribution in [2.24, 2.45) is 11.3 Å². The van der Waals surface area contributed by atoms with Crippen molar-refractivity contribution in [3.8, 4) is 0 Å². The Labute approximate surface area is 126 Å². The van der Waals surface area contributed by atoms with Crippen LogP contribution in [0, 0.1) is 18.3 Å². The lowest BCUT2D eigenvalue weighted by Crippen LogP contribution is -2.43. The minimum Gasteiger partial charge on any atom is -0.466 e. The standard InChI is InChI=1S/C17H26N2O2/c1-11-7-13-14(8-17(2,3)9-15(13)21-11)19-16(20)12-5-4-6-18-10-12/h7,12,14,18H,4-6,8-10H2,1-3H3,(H,19,20)/t12-,14?/m1/s1. The lowest BCUT2D eigenvalue weighted by Gasteiger charge is -2.35. The van der Waals surface area contributed by atoms with Gasteiger partial charge in [0.15, 0.2) is 0 Å². The van der Waals surface area contributed by atoms with Crippen LogP contribution in [0.3, 0.4) is 0 Å². The maximum absolute atomic E-state index is 12.5. The Morgan fingerprint density at radius 1 is 1.48 bits per heavy atom. The second-order valence-electron chi connectivity index (χ2n) is 7.39. The predicted octanol–water partition coefficient (Wildman–Crippen LogP) is 2.72. The van der Waals surface area contributed by atoms with Gasteiger partial charge in [-0.1, -0.05) is 13.8 Å². The van der Waals surface area contributed by atoms with Gasteiger partial charge in [0, 0.05) is 18.5 Å². The number of hydrogen-bond donors (Lipinski definition) is 2. The number of carbonyl (C=O) groups is 1. The second-order valence-corrected chi connectivity index (χ2v) is 7.39. The normalized spacial score (nSPS) is 28.0. The molecule has 0 spiro atoms. The van der Waals surface area contributed by atoms with Crippen LogP contribution >= 0.6 is 0 Å². The van der Waals surface area contributed by atoms with Gasteiger partial charge in [-0.25, -0.2) is 0 Å². The first-order chi connectivity index (χ1) is 9.94. The molecule has 1 aliphatic heterocycles. The SMILES string of the molecule is Cc1cc2c(o1)CC(C)(C)CC2NC(=O)[C@@H]1CCCNC1.